The van der Waals surface area contributed by atoms with Crippen molar-refractivity contribution in [3.63, 3.8) is 0 Å². The molecule has 7 nitrogen and oxygen atoms in total. The molecule has 0 spiro atoms. The Hall–Kier alpha value is -2.35. The standard InChI is InChI=1S/C22H28N4O3/c1-15-2-3-17-4-5-26(10-18(17)6-15)11-20(27)9-23-22(28)21-8-19(24-14-25-21)7-16-12-29-13-16/h2-3,6,8,14,16,20,27H,4-5,7,9-13H2,1H3,(H,23,28)/t20-/m0/s1. The largest absolute Gasteiger partial charge is 0.390 e. The first kappa shape index (κ1) is 19.9. The third-order valence-electron chi connectivity index (χ3n) is 5.58. The maximum Gasteiger partial charge on any atom is 0.270 e. The highest BCUT2D eigenvalue weighted by molar-refractivity contribution is 5.92. The summed E-state index contributed by atoms with van der Waals surface area (Å²) < 4.78 is 5.18. The summed E-state index contributed by atoms with van der Waals surface area (Å²) in [6, 6.07) is 8.30. The van der Waals surface area contributed by atoms with Crippen molar-refractivity contribution in [2.75, 3.05) is 32.8 Å². The summed E-state index contributed by atoms with van der Waals surface area (Å²) >= 11 is 0. The molecule has 0 radical (unpaired) electrons. The van der Waals surface area contributed by atoms with Gasteiger partial charge >= 0.3 is 0 Å². The maximum absolute atomic E-state index is 12.4. The van der Waals surface area contributed by atoms with Crippen LogP contribution in [0.15, 0.2) is 30.6 Å². The number of aromatic nitrogens is 2. The number of hydrogen-bond donors (Lipinski definition) is 2. The van der Waals surface area contributed by atoms with Gasteiger partial charge in [-0.2, -0.15) is 0 Å². The Labute approximate surface area is 171 Å². The quantitative estimate of drug-likeness (QED) is 0.729. The van der Waals surface area contributed by atoms with Crippen molar-refractivity contribution in [1.82, 2.24) is 20.2 Å². The molecular weight excluding hydrogens is 368 g/mol. The maximum atomic E-state index is 12.4. The van der Waals surface area contributed by atoms with E-state index in [9.17, 15) is 9.90 Å². The fourth-order valence-corrected chi connectivity index (χ4v) is 3.90. The third-order valence-corrected chi connectivity index (χ3v) is 5.58. The number of aryl methyl sites for hydroxylation is 1. The van der Waals surface area contributed by atoms with Gasteiger partial charge in [0.1, 0.15) is 12.0 Å². The molecule has 2 N–H and O–H groups in total. The lowest BCUT2D eigenvalue weighted by molar-refractivity contribution is -0.0316. The minimum absolute atomic E-state index is 0.200. The number of ether oxygens (including phenoxy) is 1. The summed E-state index contributed by atoms with van der Waals surface area (Å²) in [6.45, 7) is 6.08. The number of hydrogen-bond acceptors (Lipinski definition) is 6. The molecule has 3 heterocycles. The van der Waals surface area contributed by atoms with E-state index in [1.54, 1.807) is 6.07 Å². The van der Waals surface area contributed by atoms with Gasteiger partial charge in [0, 0.05) is 37.8 Å². The van der Waals surface area contributed by atoms with Gasteiger partial charge in [0.25, 0.3) is 5.91 Å². The molecule has 29 heavy (non-hydrogen) atoms. The van der Waals surface area contributed by atoms with Gasteiger partial charge in [-0.15, -0.1) is 0 Å². The fourth-order valence-electron chi connectivity index (χ4n) is 3.90. The van der Waals surface area contributed by atoms with Crippen LogP contribution in [0.1, 0.15) is 32.9 Å². The van der Waals surface area contributed by atoms with Crippen molar-refractivity contribution in [1.29, 1.82) is 0 Å². The second-order valence-electron chi connectivity index (χ2n) is 8.12. The van der Waals surface area contributed by atoms with Crippen molar-refractivity contribution < 1.29 is 14.6 Å². The van der Waals surface area contributed by atoms with Crippen LogP contribution in [0.3, 0.4) is 0 Å². The van der Waals surface area contributed by atoms with Crippen molar-refractivity contribution in [2.45, 2.75) is 32.4 Å². The lowest BCUT2D eigenvalue weighted by Gasteiger charge is -2.30. The Kier molecular flexibility index (Phi) is 6.18. The number of nitrogens with one attached hydrogen (secondary N) is 1. The molecule has 0 bridgehead atoms. The van der Waals surface area contributed by atoms with E-state index in [4.69, 9.17) is 4.74 Å². The number of carbonyl (C=O) groups is 1. The van der Waals surface area contributed by atoms with Crippen LogP contribution in [-0.2, 0) is 24.1 Å². The summed E-state index contributed by atoms with van der Waals surface area (Å²) in [5.74, 6) is 0.193. The lowest BCUT2D eigenvalue weighted by Crippen LogP contribution is -2.42. The molecular formula is C22H28N4O3. The molecule has 1 saturated heterocycles. The number of rotatable bonds is 7. The van der Waals surface area contributed by atoms with E-state index in [1.165, 1.54) is 23.0 Å². The lowest BCUT2D eigenvalue weighted by atomic mass is 9.97. The summed E-state index contributed by atoms with van der Waals surface area (Å²) in [6.07, 6.45) is 2.58. The molecule has 2 aliphatic heterocycles. The van der Waals surface area contributed by atoms with Crippen LogP contribution in [0.4, 0.5) is 0 Å². The third kappa shape index (κ3) is 5.18. The molecule has 0 unspecified atom stereocenters. The number of β-amino-alcohol motifs (C(OH)–C–C–N with tert-alkyl or cyclic N) is 1. The minimum atomic E-state index is -0.626. The summed E-state index contributed by atoms with van der Waals surface area (Å²) in [5.41, 5.74) is 5.17. The van der Waals surface area contributed by atoms with E-state index >= 15 is 0 Å². The van der Waals surface area contributed by atoms with Crippen molar-refractivity contribution in [2.24, 2.45) is 5.92 Å². The molecule has 1 atom stereocenters. The molecule has 1 fully saturated rings. The predicted molar refractivity (Wildman–Crippen MR) is 109 cm³/mol. The van der Waals surface area contributed by atoms with Crippen molar-refractivity contribution in [3.05, 3.63) is 58.7 Å². The van der Waals surface area contributed by atoms with E-state index in [2.05, 4.69) is 45.3 Å². The Morgan fingerprint density at radius 2 is 2.17 bits per heavy atom. The van der Waals surface area contributed by atoms with Gasteiger partial charge in [0.2, 0.25) is 0 Å². The average molecular weight is 396 g/mol. The normalized spacial score (nSPS) is 18.0. The predicted octanol–water partition coefficient (Wildman–Crippen LogP) is 1.12. The fraction of sp³-hybridized carbons (Fsp3) is 0.500. The van der Waals surface area contributed by atoms with Crippen LogP contribution in [0.25, 0.3) is 0 Å². The van der Waals surface area contributed by atoms with Crippen LogP contribution in [0.5, 0.6) is 0 Å². The van der Waals surface area contributed by atoms with Crippen LogP contribution in [-0.4, -0.2) is 64.8 Å². The summed E-state index contributed by atoms with van der Waals surface area (Å²) in [4.78, 5) is 23.0. The van der Waals surface area contributed by atoms with Gasteiger partial charge < -0.3 is 15.2 Å². The molecule has 2 aromatic rings. The van der Waals surface area contributed by atoms with Crippen molar-refractivity contribution >= 4 is 5.91 Å². The van der Waals surface area contributed by atoms with Gasteiger partial charge in [-0.05, 0) is 37.0 Å². The molecule has 0 aliphatic carbocycles. The van der Waals surface area contributed by atoms with Gasteiger partial charge in [-0.3, -0.25) is 9.69 Å². The Balaban J connectivity index is 1.25. The highest BCUT2D eigenvalue weighted by atomic mass is 16.5. The van der Waals surface area contributed by atoms with Gasteiger partial charge in [-0.25, -0.2) is 9.97 Å². The zero-order valence-corrected chi connectivity index (χ0v) is 16.8. The van der Waals surface area contributed by atoms with Crippen LogP contribution >= 0.6 is 0 Å². The summed E-state index contributed by atoms with van der Waals surface area (Å²) in [7, 11) is 0. The number of carbonyl (C=O) groups excluding carboxylic acids is 1. The van der Waals surface area contributed by atoms with Gasteiger partial charge in [-0.1, -0.05) is 23.8 Å². The number of benzene rings is 1. The zero-order chi connectivity index (χ0) is 20.2. The second kappa shape index (κ2) is 8.98. The zero-order valence-electron chi connectivity index (χ0n) is 16.8. The first-order chi connectivity index (χ1) is 14.1. The molecule has 2 aliphatic rings. The van der Waals surface area contributed by atoms with Crippen LogP contribution in [0.2, 0.25) is 0 Å². The Morgan fingerprint density at radius 1 is 1.31 bits per heavy atom. The smallest absolute Gasteiger partial charge is 0.270 e. The molecule has 4 rings (SSSR count). The molecule has 1 amide bonds. The molecule has 7 heteroatoms. The van der Waals surface area contributed by atoms with E-state index in [1.807, 2.05) is 0 Å². The van der Waals surface area contributed by atoms with E-state index in [0.29, 0.717) is 18.2 Å². The van der Waals surface area contributed by atoms with E-state index in [0.717, 1.165) is 44.8 Å². The summed E-state index contributed by atoms with van der Waals surface area (Å²) in [5, 5.41) is 13.2. The molecule has 1 aromatic carbocycles. The molecule has 1 aromatic heterocycles. The number of fused-ring (bicyclic) bond motifs is 1. The van der Waals surface area contributed by atoms with Gasteiger partial charge in [0.15, 0.2) is 0 Å². The number of amides is 1. The average Bonchev–Trinajstić information content (AvgIpc) is 2.69. The first-order valence-corrected chi connectivity index (χ1v) is 10.2. The molecule has 0 saturated carbocycles. The highest BCUT2D eigenvalue weighted by Gasteiger charge is 2.21. The monoisotopic (exact) mass is 396 g/mol. The highest BCUT2D eigenvalue weighted by Crippen LogP contribution is 2.20. The minimum Gasteiger partial charge on any atom is -0.390 e. The number of aliphatic hydroxyl groups excluding tert-OH is 1. The number of nitrogens with zero attached hydrogens (tertiary/aromatic N) is 3. The Morgan fingerprint density at radius 3 is 2.97 bits per heavy atom. The van der Waals surface area contributed by atoms with Crippen LogP contribution in [0, 0.1) is 12.8 Å². The van der Waals surface area contributed by atoms with E-state index < -0.39 is 6.10 Å². The van der Waals surface area contributed by atoms with Crippen LogP contribution < -0.4 is 5.32 Å². The SMILES string of the molecule is Cc1ccc2c(c1)CN(C[C@@H](O)CNC(=O)c1cc(CC3COC3)ncn1)CC2. The first-order valence-electron chi connectivity index (χ1n) is 10.2. The number of aliphatic hydroxyl groups is 1. The Bertz CT molecular complexity index is 869. The van der Waals surface area contributed by atoms with Crippen molar-refractivity contribution in [3.8, 4) is 0 Å². The molecule has 154 valence electrons. The van der Waals surface area contributed by atoms with Gasteiger partial charge in [0.05, 0.1) is 19.3 Å². The second-order valence-corrected chi connectivity index (χ2v) is 8.12. The van der Waals surface area contributed by atoms with E-state index in [-0.39, 0.29) is 12.5 Å². The topological polar surface area (TPSA) is 87.6 Å².